The highest BCUT2D eigenvalue weighted by Crippen LogP contribution is 2.47. The van der Waals surface area contributed by atoms with Crippen LogP contribution in [-0.2, 0) is 52.8 Å². The molecule has 0 fully saturated rings. The SMILES string of the molecule is CCOP(C)(=O)Cl.CS(=O)(=O)N1CCC=CC1=O.Cn1cc(/C=C/S(=O)(=O)N2CCC=CC2=O)cn1.Cn1cc(C=O)cn1. The van der Waals surface area contributed by atoms with Gasteiger partial charge in [0.1, 0.15) is 0 Å². The molecule has 0 bridgehead atoms. The lowest BCUT2D eigenvalue weighted by Gasteiger charge is -2.20. The maximum Gasteiger partial charge on any atom is 0.287 e. The van der Waals surface area contributed by atoms with Gasteiger partial charge in [0.25, 0.3) is 28.6 Å². The molecule has 2 aromatic rings. The highest BCUT2D eigenvalue weighted by molar-refractivity contribution is 7.92. The lowest BCUT2D eigenvalue weighted by atomic mass is 10.3. The molecule has 244 valence electrons. The van der Waals surface area contributed by atoms with Gasteiger partial charge in [0.05, 0.1) is 36.2 Å². The van der Waals surface area contributed by atoms with E-state index in [-0.39, 0.29) is 13.1 Å². The summed E-state index contributed by atoms with van der Waals surface area (Å²) in [4.78, 5) is 32.3. The molecule has 19 heteroatoms. The van der Waals surface area contributed by atoms with Gasteiger partial charge in [-0.1, -0.05) is 12.2 Å². The van der Waals surface area contributed by atoms with E-state index in [1.807, 2.05) is 0 Å². The van der Waals surface area contributed by atoms with Crippen LogP contribution in [0.15, 0.2) is 54.5 Å². The van der Waals surface area contributed by atoms with Gasteiger partial charge in [-0.25, -0.2) is 25.4 Å². The zero-order valence-corrected chi connectivity index (χ0v) is 28.2. The van der Waals surface area contributed by atoms with Gasteiger partial charge in [-0.15, -0.1) is 0 Å². The molecular weight excluding hydrogens is 659 g/mol. The van der Waals surface area contributed by atoms with Crippen molar-refractivity contribution in [3.05, 3.63) is 65.6 Å². The summed E-state index contributed by atoms with van der Waals surface area (Å²) in [6, 6.07) is 0. The second kappa shape index (κ2) is 17.8. The van der Waals surface area contributed by atoms with Crippen molar-refractivity contribution in [1.29, 1.82) is 0 Å². The molecule has 0 saturated heterocycles. The van der Waals surface area contributed by atoms with Gasteiger partial charge >= 0.3 is 0 Å². The number of sulfonamides is 2. The van der Waals surface area contributed by atoms with Gasteiger partial charge in [0, 0.05) is 64.0 Å². The molecule has 1 unspecified atom stereocenters. The van der Waals surface area contributed by atoms with E-state index in [4.69, 9.17) is 11.2 Å². The highest BCUT2D eigenvalue weighted by atomic mass is 35.7. The van der Waals surface area contributed by atoms with Crippen LogP contribution in [0.25, 0.3) is 6.08 Å². The molecule has 0 aliphatic carbocycles. The third-order valence-corrected chi connectivity index (χ3v) is 8.73. The van der Waals surface area contributed by atoms with Crippen LogP contribution in [0.2, 0.25) is 0 Å². The number of hydrogen-bond donors (Lipinski definition) is 0. The van der Waals surface area contributed by atoms with Crippen molar-refractivity contribution in [2.75, 3.05) is 32.6 Å². The summed E-state index contributed by atoms with van der Waals surface area (Å²) in [5.41, 5.74) is 1.29. The maximum atomic E-state index is 11.9. The fourth-order valence-corrected chi connectivity index (χ4v) is 5.94. The molecule has 0 radical (unpaired) electrons. The van der Waals surface area contributed by atoms with E-state index in [1.54, 1.807) is 61.1 Å². The molecule has 0 saturated carbocycles. The summed E-state index contributed by atoms with van der Waals surface area (Å²) >= 11 is 5.17. The Balaban J connectivity index is 0.000000319. The number of carbonyl (C=O) groups excluding carboxylic acids is 3. The lowest BCUT2D eigenvalue weighted by molar-refractivity contribution is -0.122. The predicted molar refractivity (Wildman–Crippen MR) is 167 cm³/mol. The Hall–Kier alpha value is -3.37. The molecule has 2 amide bonds. The summed E-state index contributed by atoms with van der Waals surface area (Å²) in [5, 5.41) is 8.73. The zero-order valence-electron chi connectivity index (χ0n) is 24.9. The van der Waals surface area contributed by atoms with Crippen molar-refractivity contribution in [1.82, 2.24) is 28.2 Å². The quantitative estimate of drug-likeness (QED) is 0.306. The van der Waals surface area contributed by atoms with Gasteiger partial charge in [-0.2, -0.15) is 10.2 Å². The van der Waals surface area contributed by atoms with E-state index in [0.717, 1.165) is 26.6 Å². The van der Waals surface area contributed by atoms with E-state index in [2.05, 4.69) is 14.7 Å². The Kier molecular flexibility index (Phi) is 15.6. The number of hydrogen-bond acceptors (Lipinski definition) is 11. The van der Waals surface area contributed by atoms with Gasteiger partial charge < -0.3 is 4.52 Å². The van der Waals surface area contributed by atoms with E-state index >= 15 is 0 Å². The normalized spacial score (nSPS) is 16.2. The second-order valence-corrected chi connectivity index (χ2v) is 16.2. The average molecular weight is 695 g/mol. The molecule has 2 aliphatic rings. The monoisotopic (exact) mass is 694 g/mol. The molecular formula is C25H36ClN6O9PS2. The van der Waals surface area contributed by atoms with Crippen molar-refractivity contribution >= 4 is 62.2 Å². The fourth-order valence-electron chi connectivity index (χ4n) is 3.22. The van der Waals surface area contributed by atoms with Crippen LogP contribution >= 0.6 is 18.0 Å². The topological polar surface area (TPSA) is 188 Å². The predicted octanol–water partition coefficient (Wildman–Crippen LogP) is 2.56. The first-order valence-corrected chi connectivity index (χ1v) is 19.2. The van der Waals surface area contributed by atoms with Crippen LogP contribution < -0.4 is 0 Å². The van der Waals surface area contributed by atoms with Crippen molar-refractivity contribution in [2.24, 2.45) is 14.1 Å². The van der Waals surface area contributed by atoms with Crippen LogP contribution in [0.3, 0.4) is 0 Å². The number of amides is 2. The number of carbonyl (C=O) groups is 3. The van der Waals surface area contributed by atoms with Crippen LogP contribution in [0, 0.1) is 0 Å². The van der Waals surface area contributed by atoms with Crippen LogP contribution in [0.5, 0.6) is 0 Å². The molecule has 44 heavy (non-hydrogen) atoms. The molecule has 0 spiro atoms. The summed E-state index contributed by atoms with van der Waals surface area (Å²) in [6.45, 7) is 1.30. The molecule has 1 atom stereocenters. The Labute approximate surface area is 262 Å². The van der Waals surface area contributed by atoms with Crippen molar-refractivity contribution in [3.63, 3.8) is 0 Å². The Morgan fingerprint density at radius 1 is 0.932 bits per heavy atom. The number of nitrogens with zero attached hydrogens (tertiary/aromatic N) is 6. The third-order valence-electron chi connectivity index (χ3n) is 5.10. The largest absolute Gasteiger partial charge is 0.318 e. The molecule has 15 nitrogen and oxygen atoms in total. The van der Waals surface area contributed by atoms with Crippen LogP contribution in [0.4, 0.5) is 0 Å². The van der Waals surface area contributed by atoms with E-state index < -0.39 is 38.6 Å². The molecule has 2 aliphatic heterocycles. The van der Waals surface area contributed by atoms with Crippen LogP contribution in [-0.4, -0.2) is 95.7 Å². The molecule has 4 rings (SSSR count). The van der Waals surface area contributed by atoms with Crippen molar-refractivity contribution in [3.8, 4) is 0 Å². The number of rotatable bonds is 7. The number of aromatic nitrogens is 4. The second-order valence-electron chi connectivity index (χ2n) is 8.99. The molecule has 0 N–H and O–H groups in total. The summed E-state index contributed by atoms with van der Waals surface area (Å²) in [5.74, 6) is -0.948. The maximum absolute atomic E-state index is 11.9. The zero-order chi connectivity index (χ0) is 33.6. The Morgan fingerprint density at radius 3 is 1.70 bits per heavy atom. The van der Waals surface area contributed by atoms with Crippen molar-refractivity contribution < 1.29 is 40.3 Å². The average Bonchev–Trinajstić information content (AvgIpc) is 3.55. The van der Waals surface area contributed by atoms with E-state index in [0.29, 0.717) is 30.6 Å². The molecule has 4 heterocycles. The van der Waals surface area contributed by atoms with Gasteiger partial charge in [-0.3, -0.25) is 28.3 Å². The first-order chi connectivity index (χ1) is 20.4. The van der Waals surface area contributed by atoms with Crippen molar-refractivity contribution in [2.45, 2.75) is 19.8 Å². The minimum Gasteiger partial charge on any atom is -0.318 e. The smallest absolute Gasteiger partial charge is 0.287 e. The number of aryl methyl sites for hydroxylation is 2. The third kappa shape index (κ3) is 14.9. The summed E-state index contributed by atoms with van der Waals surface area (Å²) < 4.78 is 65.4. The molecule has 0 aromatic carbocycles. The van der Waals surface area contributed by atoms with Gasteiger partial charge in [0.15, 0.2) is 6.29 Å². The Morgan fingerprint density at radius 2 is 1.41 bits per heavy atom. The van der Waals surface area contributed by atoms with E-state index in [9.17, 15) is 35.8 Å². The fraction of sp³-hybridized carbons (Fsp3) is 0.400. The minimum absolute atomic E-state index is 0.190. The summed E-state index contributed by atoms with van der Waals surface area (Å²) in [7, 11) is -3.54. The van der Waals surface area contributed by atoms with Gasteiger partial charge in [-0.05, 0) is 37.1 Å². The number of halogens is 1. The van der Waals surface area contributed by atoms with Gasteiger partial charge in [0.2, 0.25) is 10.0 Å². The highest BCUT2D eigenvalue weighted by Gasteiger charge is 2.25. The first-order valence-electron chi connectivity index (χ1n) is 12.8. The molecule has 2 aromatic heterocycles. The standard InChI is InChI=1S/C11H13N3O3S.C6H9NO3S.C5H6N2O.C3H8ClO2P/c1-13-9-10(8-12-13)5-7-18(16,17)14-6-3-2-4-11(14)15;1-11(9,10)7-5-3-2-4-6(7)8;1-7-3-5(4-8)2-6-7;1-3-6-7(2,4)5/h2,4-5,7-9H,3,6H2,1H3;2,4H,3,5H2,1H3;2-4H,1H3;3H2,1-2H3/b7-5+;;;. The van der Waals surface area contributed by atoms with E-state index in [1.165, 1.54) is 31.1 Å². The lowest BCUT2D eigenvalue weighted by Crippen LogP contribution is -2.37. The summed E-state index contributed by atoms with van der Waals surface area (Å²) in [6.07, 6.45) is 16.7. The first kappa shape index (κ1) is 38.7. The van der Waals surface area contributed by atoms with Crippen LogP contribution in [0.1, 0.15) is 35.7 Å². The number of aldehydes is 1. The minimum atomic E-state index is -3.71. The Bertz CT molecular complexity index is 1630.